The normalized spacial score (nSPS) is 30.0. The van der Waals surface area contributed by atoms with Gasteiger partial charge in [0.2, 0.25) is 0 Å². The summed E-state index contributed by atoms with van der Waals surface area (Å²) in [5, 5.41) is 0. The molecule has 0 amide bonds. The third-order valence-corrected chi connectivity index (χ3v) is 2.25. The van der Waals surface area contributed by atoms with Crippen molar-refractivity contribution < 1.29 is 0 Å². The Morgan fingerprint density at radius 3 is 2.44 bits per heavy atom. The molecule has 1 saturated heterocycles. The van der Waals surface area contributed by atoms with E-state index in [9.17, 15) is 0 Å². The zero-order valence-corrected chi connectivity index (χ0v) is 6.43. The Hall–Kier alpha value is -0.0400. The molecule has 0 aromatic heterocycles. The van der Waals surface area contributed by atoms with Crippen molar-refractivity contribution in [1.29, 1.82) is 0 Å². The van der Waals surface area contributed by atoms with Gasteiger partial charge in [0.05, 0.1) is 0 Å². The summed E-state index contributed by atoms with van der Waals surface area (Å²) >= 11 is 0. The first-order valence-electron chi connectivity index (χ1n) is 3.75. The van der Waals surface area contributed by atoms with Crippen LogP contribution in [0, 0.1) is 18.9 Å². The van der Waals surface area contributed by atoms with Crippen LogP contribution in [0.5, 0.6) is 0 Å². The zero-order valence-electron chi connectivity index (χ0n) is 6.43. The van der Waals surface area contributed by atoms with E-state index in [4.69, 9.17) is 0 Å². The number of rotatable bonds is 1. The monoisotopic (exact) mass is 126 g/mol. The van der Waals surface area contributed by atoms with Crippen LogP contribution in [0.3, 0.4) is 0 Å². The summed E-state index contributed by atoms with van der Waals surface area (Å²) in [5.74, 6) is 1.75. The molecule has 1 heteroatoms. The Morgan fingerprint density at radius 2 is 2.22 bits per heavy atom. The molecule has 0 bridgehead atoms. The van der Waals surface area contributed by atoms with E-state index in [0.29, 0.717) is 0 Å². The summed E-state index contributed by atoms with van der Waals surface area (Å²) in [4.78, 5) is 2.17. The van der Waals surface area contributed by atoms with Crippen LogP contribution in [0.25, 0.3) is 0 Å². The molecule has 54 valence electrons. The molecule has 1 atom stereocenters. The van der Waals surface area contributed by atoms with Crippen molar-refractivity contribution in [3.63, 3.8) is 0 Å². The van der Waals surface area contributed by atoms with E-state index in [1.807, 2.05) is 0 Å². The van der Waals surface area contributed by atoms with Crippen LogP contribution < -0.4 is 0 Å². The van der Waals surface area contributed by atoms with Crippen LogP contribution in [0.4, 0.5) is 0 Å². The number of likely N-dealkylation sites (tertiary alicyclic amines) is 1. The van der Waals surface area contributed by atoms with Gasteiger partial charge in [0.15, 0.2) is 0 Å². The Balaban J connectivity index is 2.30. The highest BCUT2D eigenvalue weighted by molar-refractivity contribution is 4.76. The molecule has 0 spiro atoms. The second-order valence-electron chi connectivity index (χ2n) is 3.37. The maximum absolute atomic E-state index is 3.90. The summed E-state index contributed by atoms with van der Waals surface area (Å²) in [6.45, 7) is 6.99. The van der Waals surface area contributed by atoms with E-state index in [0.717, 1.165) is 11.8 Å². The molecule has 0 N–H and O–H groups in total. The van der Waals surface area contributed by atoms with Gasteiger partial charge in [0.1, 0.15) is 0 Å². The predicted octanol–water partition coefficient (Wildman–Crippen LogP) is 1.76. The molecule has 0 unspecified atom stereocenters. The SMILES string of the molecule is [CH2-]N1CC[C@H](C(C)C)C1. The molecular formula is C8H16N-. The first kappa shape index (κ1) is 7.07. The first-order chi connectivity index (χ1) is 4.20. The van der Waals surface area contributed by atoms with Crippen molar-refractivity contribution in [3.05, 3.63) is 7.05 Å². The maximum atomic E-state index is 3.90. The lowest BCUT2D eigenvalue weighted by Crippen LogP contribution is -2.14. The smallest absolute Gasteiger partial charge is 0.0272 e. The third kappa shape index (κ3) is 1.68. The minimum absolute atomic E-state index is 0.844. The average molecular weight is 126 g/mol. The highest BCUT2D eigenvalue weighted by atomic mass is 15.1. The predicted molar refractivity (Wildman–Crippen MR) is 39.9 cm³/mol. The van der Waals surface area contributed by atoms with Crippen LogP contribution in [0.2, 0.25) is 0 Å². The van der Waals surface area contributed by atoms with Crippen LogP contribution in [0.1, 0.15) is 20.3 Å². The Bertz CT molecular complexity index is 88.6. The topological polar surface area (TPSA) is 3.24 Å². The van der Waals surface area contributed by atoms with E-state index < -0.39 is 0 Å². The van der Waals surface area contributed by atoms with E-state index in [1.54, 1.807) is 0 Å². The second-order valence-corrected chi connectivity index (χ2v) is 3.37. The molecule has 1 fully saturated rings. The van der Waals surface area contributed by atoms with Crippen LogP contribution >= 0.6 is 0 Å². The van der Waals surface area contributed by atoms with Gasteiger partial charge in [-0.05, 0) is 31.3 Å². The van der Waals surface area contributed by atoms with Crippen molar-refractivity contribution in [2.75, 3.05) is 13.1 Å². The fourth-order valence-electron chi connectivity index (χ4n) is 1.41. The number of hydrogen-bond acceptors (Lipinski definition) is 1. The van der Waals surface area contributed by atoms with Gasteiger partial charge in [-0.2, -0.15) is 0 Å². The zero-order chi connectivity index (χ0) is 6.85. The summed E-state index contributed by atoms with van der Waals surface area (Å²) in [5.41, 5.74) is 0. The maximum Gasteiger partial charge on any atom is -0.0272 e. The van der Waals surface area contributed by atoms with Crippen molar-refractivity contribution in [1.82, 2.24) is 4.90 Å². The summed E-state index contributed by atoms with van der Waals surface area (Å²) in [6.07, 6.45) is 1.35. The van der Waals surface area contributed by atoms with Gasteiger partial charge in [-0.15, -0.1) is 0 Å². The first-order valence-corrected chi connectivity index (χ1v) is 3.75. The van der Waals surface area contributed by atoms with Crippen molar-refractivity contribution >= 4 is 0 Å². The average Bonchev–Trinajstić information content (AvgIpc) is 2.14. The summed E-state index contributed by atoms with van der Waals surface area (Å²) in [7, 11) is 3.90. The van der Waals surface area contributed by atoms with E-state index in [-0.39, 0.29) is 0 Å². The van der Waals surface area contributed by atoms with Gasteiger partial charge in [-0.25, -0.2) is 0 Å². The van der Waals surface area contributed by atoms with Crippen LogP contribution in [-0.2, 0) is 0 Å². The van der Waals surface area contributed by atoms with Crippen LogP contribution in [0.15, 0.2) is 0 Å². The molecule has 0 aliphatic carbocycles. The Kier molecular flexibility index (Phi) is 2.12. The Labute approximate surface area is 58.0 Å². The molecule has 1 aliphatic rings. The standard InChI is InChI=1S/C8H16N/c1-7(2)8-4-5-9(3)6-8/h7-8H,3-6H2,1-2H3/q-1/t8-/m0/s1. The lowest BCUT2D eigenvalue weighted by molar-refractivity contribution is 0.371. The van der Waals surface area contributed by atoms with Gasteiger partial charge < -0.3 is 4.90 Å². The molecule has 0 saturated carbocycles. The van der Waals surface area contributed by atoms with E-state index >= 15 is 0 Å². The minimum Gasteiger partial charge on any atom is -0.459 e. The van der Waals surface area contributed by atoms with Crippen molar-refractivity contribution in [2.45, 2.75) is 20.3 Å². The minimum atomic E-state index is 0.844. The Morgan fingerprint density at radius 1 is 1.56 bits per heavy atom. The second kappa shape index (κ2) is 2.70. The molecule has 0 aromatic rings. The molecule has 0 aromatic carbocycles. The fourth-order valence-corrected chi connectivity index (χ4v) is 1.41. The fraction of sp³-hybridized carbons (Fsp3) is 0.875. The summed E-state index contributed by atoms with van der Waals surface area (Å²) < 4.78 is 0. The molecular weight excluding hydrogens is 110 g/mol. The molecule has 0 radical (unpaired) electrons. The highest BCUT2D eigenvalue weighted by Gasteiger charge is 2.18. The van der Waals surface area contributed by atoms with Gasteiger partial charge in [-0.3, -0.25) is 7.05 Å². The van der Waals surface area contributed by atoms with Gasteiger partial charge in [-0.1, -0.05) is 13.8 Å². The van der Waals surface area contributed by atoms with Gasteiger partial charge >= 0.3 is 0 Å². The van der Waals surface area contributed by atoms with Gasteiger partial charge in [0.25, 0.3) is 0 Å². The third-order valence-electron chi connectivity index (χ3n) is 2.25. The number of nitrogens with zero attached hydrogens (tertiary/aromatic N) is 1. The molecule has 9 heavy (non-hydrogen) atoms. The highest BCUT2D eigenvalue weighted by Crippen LogP contribution is 2.22. The quantitative estimate of drug-likeness (QED) is 0.484. The molecule has 1 nitrogen and oxygen atoms in total. The lowest BCUT2D eigenvalue weighted by atomic mass is 9.95. The van der Waals surface area contributed by atoms with Crippen molar-refractivity contribution in [2.24, 2.45) is 11.8 Å². The molecule has 1 rings (SSSR count). The van der Waals surface area contributed by atoms with Crippen LogP contribution in [-0.4, -0.2) is 18.0 Å². The largest absolute Gasteiger partial charge is 0.459 e. The molecule has 1 aliphatic heterocycles. The van der Waals surface area contributed by atoms with Crippen molar-refractivity contribution in [3.8, 4) is 0 Å². The van der Waals surface area contributed by atoms with E-state index in [1.165, 1.54) is 19.5 Å². The molecule has 1 heterocycles. The number of hydrogen-bond donors (Lipinski definition) is 0. The lowest BCUT2D eigenvalue weighted by Gasteiger charge is -2.18. The van der Waals surface area contributed by atoms with E-state index in [2.05, 4.69) is 25.8 Å². The van der Waals surface area contributed by atoms with Gasteiger partial charge in [0, 0.05) is 0 Å². The summed E-state index contributed by atoms with van der Waals surface area (Å²) in [6, 6.07) is 0.